The van der Waals surface area contributed by atoms with Crippen LogP contribution >= 0.6 is 0 Å². The van der Waals surface area contributed by atoms with E-state index in [1.165, 1.54) is 6.92 Å². The minimum Gasteiger partial charge on any atom is -0.398 e. The van der Waals surface area contributed by atoms with Gasteiger partial charge in [-0.05, 0) is 67.4 Å². The van der Waals surface area contributed by atoms with Crippen molar-refractivity contribution < 1.29 is 9.59 Å². The molecule has 1 amide bonds. The van der Waals surface area contributed by atoms with Gasteiger partial charge in [0, 0.05) is 11.1 Å². The lowest BCUT2D eigenvalue weighted by molar-refractivity contribution is -0.117. The van der Waals surface area contributed by atoms with E-state index in [0.29, 0.717) is 28.3 Å². The van der Waals surface area contributed by atoms with Gasteiger partial charge in [0.2, 0.25) is 5.91 Å². The molecule has 4 aromatic rings. The lowest BCUT2D eigenvalue weighted by Gasteiger charge is -2.14. The summed E-state index contributed by atoms with van der Waals surface area (Å²) in [6.45, 7) is 3.22. The Bertz CT molecular complexity index is 1560. The molecule has 0 aliphatic heterocycles. The van der Waals surface area contributed by atoms with Gasteiger partial charge in [-0.15, -0.1) is 0 Å². The van der Waals surface area contributed by atoms with Crippen LogP contribution in [0.4, 0.5) is 5.82 Å². The first-order valence-corrected chi connectivity index (χ1v) is 11.9. The fraction of sp³-hybridized carbons (Fsp3) is 0.129. The number of hydrogen-bond donors (Lipinski definition) is 3. The first-order chi connectivity index (χ1) is 17.9. The summed E-state index contributed by atoms with van der Waals surface area (Å²) in [6, 6.07) is 26.3. The highest BCUT2D eigenvalue weighted by Gasteiger charge is 2.19. The topological polar surface area (TPSA) is 97.1 Å². The van der Waals surface area contributed by atoms with Crippen molar-refractivity contribution in [1.82, 2.24) is 10.3 Å². The van der Waals surface area contributed by atoms with E-state index in [1.807, 2.05) is 72.8 Å². The van der Waals surface area contributed by atoms with Crippen molar-refractivity contribution >= 4 is 39.6 Å². The van der Waals surface area contributed by atoms with Crippen LogP contribution in [0.3, 0.4) is 0 Å². The zero-order valence-corrected chi connectivity index (χ0v) is 21.0. The van der Waals surface area contributed by atoms with Crippen LogP contribution in [0.5, 0.6) is 0 Å². The van der Waals surface area contributed by atoms with Crippen molar-refractivity contribution in [2.24, 2.45) is 5.73 Å². The summed E-state index contributed by atoms with van der Waals surface area (Å²) in [5.74, 6) is 6.18. The van der Waals surface area contributed by atoms with Gasteiger partial charge >= 0.3 is 0 Å². The predicted octanol–water partition coefficient (Wildman–Crippen LogP) is 4.60. The second kappa shape index (κ2) is 11.3. The molecule has 1 heterocycles. The number of carbonyl (C=O) groups excluding carboxylic acids is 2. The number of benzene rings is 3. The van der Waals surface area contributed by atoms with Gasteiger partial charge in [-0.2, -0.15) is 0 Å². The maximum Gasteiger partial charge on any atom is 0.242 e. The SMILES string of the molecule is CNC(C)C(=O)Nc1ccc(/C(C(C)=O)=C(/N)c2ccccc2)c(C#Cc2ccc3ccccc3c2)n1. The van der Waals surface area contributed by atoms with Gasteiger partial charge in [0.25, 0.3) is 0 Å². The molecule has 6 nitrogen and oxygen atoms in total. The number of hydrogen-bond acceptors (Lipinski definition) is 5. The second-order valence-electron chi connectivity index (χ2n) is 8.62. The molecule has 37 heavy (non-hydrogen) atoms. The number of anilines is 1. The minimum atomic E-state index is -0.407. The summed E-state index contributed by atoms with van der Waals surface area (Å²) in [7, 11) is 1.71. The molecule has 1 atom stereocenters. The molecule has 0 saturated heterocycles. The second-order valence-corrected chi connectivity index (χ2v) is 8.62. The number of nitrogens with zero attached hydrogens (tertiary/aromatic N) is 1. The molecule has 184 valence electrons. The molecule has 4 rings (SSSR count). The highest BCUT2D eigenvalue weighted by Crippen LogP contribution is 2.27. The molecular weight excluding hydrogens is 460 g/mol. The summed E-state index contributed by atoms with van der Waals surface area (Å²) in [6.07, 6.45) is 0. The standard InChI is InChI=1S/C31H28N4O2/c1-20(33-3)31(37)35-28-18-16-26(29(21(2)36)30(32)24-10-5-4-6-11-24)27(34-28)17-14-22-13-15-23-9-7-8-12-25(23)19-22/h4-13,15-16,18-20,33H,32H2,1-3H3,(H,34,35,37)/b30-29+. The summed E-state index contributed by atoms with van der Waals surface area (Å²) in [5.41, 5.74) is 9.52. The molecule has 0 bridgehead atoms. The van der Waals surface area contributed by atoms with Crippen LogP contribution in [0.25, 0.3) is 22.0 Å². The Morgan fingerprint density at radius 2 is 1.59 bits per heavy atom. The average Bonchev–Trinajstić information content (AvgIpc) is 2.92. The zero-order valence-electron chi connectivity index (χ0n) is 21.0. The molecule has 0 saturated carbocycles. The van der Waals surface area contributed by atoms with Crippen LogP contribution in [0.1, 0.15) is 36.2 Å². The van der Waals surface area contributed by atoms with Crippen LogP contribution in [0.2, 0.25) is 0 Å². The fourth-order valence-electron chi connectivity index (χ4n) is 3.88. The van der Waals surface area contributed by atoms with E-state index in [-0.39, 0.29) is 11.7 Å². The fourth-order valence-corrected chi connectivity index (χ4v) is 3.88. The van der Waals surface area contributed by atoms with Crippen LogP contribution in [-0.2, 0) is 9.59 Å². The van der Waals surface area contributed by atoms with Crippen molar-refractivity contribution in [2.45, 2.75) is 19.9 Å². The Balaban J connectivity index is 1.85. The number of pyridine rings is 1. The summed E-state index contributed by atoms with van der Waals surface area (Å²) in [4.78, 5) is 29.9. The number of nitrogens with two attached hydrogens (primary N) is 1. The van der Waals surface area contributed by atoms with E-state index < -0.39 is 6.04 Å². The Morgan fingerprint density at radius 1 is 0.892 bits per heavy atom. The number of Topliss-reactive ketones (excluding diaryl/α,β-unsaturated/α-hetero) is 1. The number of carbonyl (C=O) groups is 2. The van der Waals surface area contributed by atoms with Gasteiger partial charge in [-0.3, -0.25) is 9.59 Å². The quantitative estimate of drug-likeness (QED) is 0.272. The Morgan fingerprint density at radius 3 is 2.30 bits per heavy atom. The number of fused-ring (bicyclic) bond motifs is 1. The molecule has 0 aliphatic carbocycles. The molecular formula is C31H28N4O2. The number of aromatic nitrogens is 1. The Kier molecular flexibility index (Phi) is 7.77. The van der Waals surface area contributed by atoms with Gasteiger partial charge in [-0.1, -0.05) is 66.6 Å². The van der Waals surface area contributed by atoms with Gasteiger partial charge < -0.3 is 16.4 Å². The molecule has 4 N–H and O–H groups in total. The first kappa shape index (κ1) is 25.4. The molecule has 3 aromatic carbocycles. The van der Waals surface area contributed by atoms with Gasteiger partial charge in [0.1, 0.15) is 11.5 Å². The summed E-state index contributed by atoms with van der Waals surface area (Å²) >= 11 is 0. The van der Waals surface area contributed by atoms with Crippen molar-refractivity contribution in [1.29, 1.82) is 0 Å². The third-order valence-electron chi connectivity index (χ3n) is 6.02. The smallest absolute Gasteiger partial charge is 0.242 e. The average molecular weight is 489 g/mol. The van der Waals surface area contributed by atoms with Crippen molar-refractivity contribution in [3.05, 3.63) is 107 Å². The predicted molar refractivity (Wildman–Crippen MR) is 149 cm³/mol. The minimum absolute atomic E-state index is 0.211. The summed E-state index contributed by atoms with van der Waals surface area (Å²) < 4.78 is 0. The van der Waals surface area contributed by atoms with Crippen LogP contribution < -0.4 is 16.4 Å². The van der Waals surface area contributed by atoms with Crippen LogP contribution in [0.15, 0.2) is 84.9 Å². The van der Waals surface area contributed by atoms with E-state index in [2.05, 4.69) is 27.5 Å². The Hall–Kier alpha value is -4.73. The number of nitrogens with one attached hydrogen (secondary N) is 2. The van der Waals surface area contributed by atoms with Crippen molar-refractivity contribution in [2.75, 3.05) is 12.4 Å². The van der Waals surface area contributed by atoms with E-state index in [9.17, 15) is 9.59 Å². The third-order valence-corrected chi connectivity index (χ3v) is 6.02. The molecule has 0 radical (unpaired) electrons. The third kappa shape index (κ3) is 5.92. The van der Waals surface area contributed by atoms with Crippen molar-refractivity contribution in [3.63, 3.8) is 0 Å². The molecule has 6 heteroatoms. The number of amides is 1. The van der Waals surface area contributed by atoms with Crippen molar-refractivity contribution in [3.8, 4) is 11.8 Å². The van der Waals surface area contributed by atoms with Gasteiger partial charge in [0.05, 0.1) is 17.3 Å². The normalized spacial score (nSPS) is 12.2. The molecule has 0 aliphatic rings. The number of allylic oxidation sites excluding steroid dienone is 1. The summed E-state index contributed by atoms with van der Waals surface area (Å²) in [5, 5.41) is 7.89. The maximum atomic E-state index is 12.8. The molecule has 0 fully saturated rings. The number of likely N-dealkylation sites (N-methyl/N-ethyl adjacent to an activating group) is 1. The van der Waals surface area contributed by atoms with E-state index in [1.54, 1.807) is 26.1 Å². The van der Waals surface area contributed by atoms with E-state index in [0.717, 1.165) is 21.9 Å². The van der Waals surface area contributed by atoms with Crippen LogP contribution in [0, 0.1) is 11.8 Å². The number of rotatable bonds is 6. The van der Waals surface area contributed by atoms with Gasteiger partial charge in [0.15, 0.2) is 5.78 Å². The zero-order chi connectivity index (χ0) is 26.4. The first-order valence-electron chi connectivity index (χ1n) is 11.9. The molecule has 1 unspecified atom stereocenters. The largest absolute Gasteiger partial charge is 0.398 e. The maximum absolute atomic E-state index is 12.8. The lowest BCUT2D eigenvalue weighted by atomic mass is 9.95. The number of ketones is 1. The molecule has 0 spiro atoms. The lowest BCUT2D eigenvalue weighted by Crippen LogP contribution is -2.35. The van der Waals surface area contributed by atoms with E-state index >= 15 is 0 Å². The highest BCUT2D eigenvalue weighted by molar-refractivity contribution is 6.27. The highest BCUT2D eigenvalue weighted by atomic mass is 16.2. The van der Waals surface area contributed by atoms with Gasteiger partial charge in [-0.25, -0.2) is 4.98 Å². The molecule has 1 aromatic heterocycles. The monoisotopic (exact) mass is 488 g/mol. The Labute approximate surface area is 216 Å². The van der Waals surface area contributed by atoms with Crippen LogP contribution in [-0.4, -0.2) is 29.8 Å². The van der Waals surface area contributed by atoms with E-state index in [4.69, 9.17) is 5.73 Å².